The van der Waals surface area contributed by atoms with Crippen molar-refractivity contribution in [3.8, 4) is 17.2 Å². The maximum atomic E-state index is 12.2. The topological polar surface area (TPSA) is 110 Å². The molecule has 0 saturated heterocycles. The van der Waals surface area contributed by atoms with Crippen LogP contribution in [0.2, 0.25) is 0 Å². The Hall–Kier alpha value is -3.88. The highest BCUT2D eigenvalue weighted by atomic mass is 16.7. The zero-order chi connectivity index (χ0) is 20.2. The summed E-state index contributed by atoms with van der Waals surface area (Å²) in [5, 5.41) is 3.73. The van der Waals surface area contributed by atoms with E-state index in [0.29, 0.717) is 40.1 Å². The minimum atomic E-state index is -0.612. The molecular weight excluding hydrogens is 380 g/mol. The predicted octanol–water partition coefficient (Wildman–Crippen LogP) is 2.73. The number of Topliss-reactive ketones (excluding diaryl/α,β-unsaturated/α-hetero) is 1. The van der Waals surface area contributed by atoms with Crippen LogP contribution in [0.25, 0.3) is 0 Å². The van der Waals surface area contributed by atoms with E-state index in [-0.39, 0.29) is 25.8 Å². The van der Waals surface area contributed by atoms with E-state index in [1.807, 2.05) is 0 Å². The Balaban J connectivity index is 1.29. The minimum Gasteiger partial charge on any atom is -0.485 e. The van der Waals surface area contributed by atoms with Gasteiger partial charge in [0.25, 0.3) is 0 Å². The molecule has 0 aliphatic carbocycles. The Labute approximate surface area is 165 Å². The highest BCUT2D eigenvalue weighted by Crippen LogP contribution is 2.32. The number of ketones is 1. The summed E-state index contributed by atoms with van der Waals surface area (Å²) >= 11 is 0. The van der Waals surface area contributed by atoms with Gasteiger partial charge < -0.3 is 23.5 Å². The van der Waals surface area contributed by atoms with Crippen LogP contribution >= 0.6 is 0 Å². The fraction of sp³-hybridized carbons (Fsp3) is 0.200. The molecule has 0 N–H and O–H groups in total. The summed E-state index contributed by atoms with van der Waals surface area (Å²) in [5.41, 5.74) is 0.675. The molecule has 1 aromatic heterocycles. The number of aryl methyl sites for hydroxylation is 1. The van der Waals surface area contributed by atoms with Crippen molar-refractivity contribution in [2.45, 2.75) is 13.5 Å². The third kappa shape index (κ3) is 4.34. The molecule has 9 nitrogen and oxygen atoms in total. The Morgan fingerprint density at radius 2 is 1.79 bits per heavy atom. The molecule has 148 valence electrons. The molecule has 0 amide bonds. The first-order valence-corrected chi connectivity index (χ1v) is 8.70. The second-order valence-electron chi connectivity index (χ2n) is 6.11. The van der Waals surface area contributed by atoms with Gasteiger partial charge >= 0.3 is 5.97 Å². The monoisotopic (exact) mass is 396 g/mol. The Bertz CT molecular complexity index is 1040. The lowest BCUT2D eigenvalue weighted by molar-refractivity contribution is 0.0474. The van der Waals surface area contributed by atoms with Crippen LogP contribution in [0.15, 0.2) is 47.0 Å². The van der Waals surface area contributed by atoms with Crippen LogP contribution in [0, 0.1) is 6.92 Å². The van der Waals surface area contributed by atoms with Crippen LogP contribution in [0.5, 0.6) is 17.2 Å². The van der Waals surface area contributed by atoms with Gasteiger partial charge in [-0.25, -0.2) is 4.79 Å². The number of aromatic nitrogens is 2. The minimum absolute atomic E-state index is 0.121. The van der Waals surface area contributed by atoms with Crippen LogP contribution in [0.4, 0.5) is 0 Å². The Kier molecular flexibility index (Phi) is 5.10. The first kappa shape index (κ1) is 18.5. The van der Waals surface area contributed by atoms with E-state index in [0.717, 1.165) is 0 Å². The van der Waals surface area contributed by atoms with Gasteiger partial charge in [0.15, 0.2) is 30.5 Å². The lowest BCUT2D eigenvalue weighted by atomic mass is 10.1. The summed E-state index contributed by atoms with van der Waals surface area (Å²) in [6, 6.07) is 11.1. The lowest BCUT2D eigenvalue weighted by Crippen LogP contribution is -2.14. The van der Waals surface area contributed by atoms with Crippen molar-refractivity contribution in [1.82, 2.24) is 10.1 Å². The normalized spacial score (nSPS) is 11.9. The number of carbonyl (C=O) groups excluding carboxylic acids is 2. The molecule has 0 spiro atoms. The van der Waals surface area contributed by atoms with Gasteiger partial charge in [0.05, 0.1) is 5.56 Å². The fourth-order valence-electron chi connectivity index (χ4n) is 2.60. The first-order chi connectivity index (χ1) is 14.1. The second kappa shape index (κ2) is 8.01. The maximum absolute atomic E-state index is 12.2. The van der Waals surface area contributed by atoms with E-state index < -0.39 is 5.97 Å². The molecule has 1 aliphatic heterocycles. The van der Waals surface area contributed by atoms with Gasteiger partial charge in [-0.3, -0.25) is 4.79 Å². The van der Waals surface area contributed by atoms with Gasteiger partial charge in [-0.1, -0.05) is 5.16 Å². The maximum Gasteiger partial charge on any atom is 0.338 e. The molecule has 9 heteroatoms. The molecule has 0 fully saturated rings. The van der Waals surface area contributed by atoms with Gasteiger partial charge in [-0.2, -0.15) is 4.98 Å². The van der Waals surface area contributed by atoms with Crippen molar-refractivity contribution in [3.63, 3.8) is 0 Å². The third-order valence-corrected chi connectivity index (χ3v) is 4.06. The number of fused-ring (bicyclic) bond motifs is 1. The van der Waals surface area contributed by atoms with E-state index in [1.165, 1.54) is 0 Å². The summed E-state index contributed by atoms with van der Waals surface area (Å²) < 4.78 is 25.9. The van der Waals surface area contributed by atoms with Crippen LogP contribution < -0.4 is 14.2 Å². The van der Waals surface area contributed by atoms with E-state index in [9.17, 15) is 9.59 Å². The Morgan fingerprint density at radius 3 is 2.55 bits per heavy atom. The summed E-state index contributed by atoms with van der Waals surface area (Å²) in [7, 11) is 0. The van der Waals surface area contributed by atoms with Gasteiger partial charge in [0, 0.05) is 12.5 Å². The van der Waals surface area contributed by atoms with Gasteiger partial charge in [-0.05, 0) is 42.5 Å². The molecule has 0 saturated carbocycles. The molecule has 0 unspecified atom stereocenters. The van der Waals surface area contributed by atoms with Crippen molar-refractivity contribution < 1.29 is 33.1 Å². The zero-order valence-corrected chi connectivity index (χ0v) is 15.4. The predicted molar refractivity (Wildman–Crippen MR) is 97.0 cm³/mol. The number of carbonyl (C=O) groups is 2. The molecule has 0 atom stereocenters. The van der Waals surface area contributed by atoms with Crippen molar-refractivity contribution in [1.29, 1.82) is 0 Å². The van der Waals surface area contributed by atoms with Gasteiger partial charge in [-0.15, -0.1) is 0 Å². The summed E-state index contributed by atoms with van der Waals surface area (Å²) in [5.74, 6) is 1.53. The summed E-state index contributed by atoms with van der Waals surface area (Å²) in [6.07, 6.45) is 0. The number of ether oxygens (including phenoxy) is 4. The second-order valence-corrected chi connectivity index (χ2v) is 6.11. The van der Waals surface area contributed by atoms with Crippen LogP contribution in [0.1, 0.15) is 32.4 Å². The van der Waals surface area contributed by atoms with Crippen LogP contribution in [-0.4, -0.2) is 35.3 Å². The smallest absolute Gasteiger partial charge is 0.338 e. The lowest BCUT2D eigenvalue weighted by Gasteiger charge is -2.07. The van der Waals surface area contributed by atoms with Crippen molar-refractivity contribution >= 4 is 11.8 Å². The van der Waals surface area contributed by atoms with Crippen molar-refractivity contribution in [2.24, 2.45) is 0 Å². The van der Waals surface area contributed by atoms with E-state index in [4.69, 9.17) is 23.5 Å². The first-order valence-electron chi connectivity index (χ1n) is 8.70. The Morgan fingerprint density at radius 1 is 1.03 bits per heavy atom. The largest absolute Gasteiger partial charge is 0.485 e. The molecule has 3 aromatic rings. The van der Waals surface area contributed by atoms with Crippen molar-refractivity contribution in [3.05, 3.63) is 65.3 Å². The number of benzene rings is 2. The third-order valence-electron chi connectivity index (χ3n) is 4.06. The van der Waals surface area contributed by atoms with E-state index >= 15 is 0 Å². The zero-order valence-electron chi connectivity index (χ0n) is 15.4. The highest BCUT2D eigenvalue weighted by Gasteiger charge is 2.17. The summed E-state index contributed by atoms with van der Waals surface area (Å²) in [6.45, 7) is 1.57. The molecule has 4 rings (SSSR count). The number of nitrogens with zero attached hydrogens (tertiary/aromatic N) is 2. The quantitative estimate of drug-likeness (QED) is 0.440. The molecule has 0 bridgehead atoms. The van der Waals surface area contributed by atoms with Crippen LogP contribution in [0.3, 0.4) is 0 Å². The SMILES string of the molecule is Cc1nc(COc2ccc(C(=O)OCC(=O)c3ccc4c(c3)OCO4)cc2)no1. The average molecular weight is 396 g/mol. The average Bonchev–Trinajstić information content (AvgIpc) is 3.38. The molecular formula is C20H16N2O7. The van der Waals surface area contributed by atoms with E-state index in [2.05, 4.69) is 10.1 Å². The fourth-order valence-corrected chi connectivity index (χ4v) is 2.60. The van der Waals surface area contributed by atoms with Crippen LogP contribution in [-0.2, 0) is 11.3 Å². The molecule has 1 aliphatic rings. The summed E-state index contributed by atoms with van der Waals surface area (Å²) in [4.78, 5) is 28.4. The molecule has 29 heavy (non-hydrogen) atoms. The van der Waals surface area contributed by atoms with Crippen molar-refractivity contribution in [2.75, 3.05) is 13.4 Å². The number of rotatable bonds is 7. The molecule has 2 aromatic carbocycles. The van der Waals surface area contributed by atoms with Gasteiger partial charge in [0.1, 0.15) is 5.75 Å². The number of hydrogen-bond acceptors (Lipinski definition) is 9. The standard InChI is InChI=1S/C20H16N2O7/c1-12-21-19(22-29-12)10-25-15-5-2-13(3-6-15)20(24)26-9-16(23)14-4-7-17-18(8-14)28-11-27-17/h2-8H,9-11H2,1H3. The number of esters is 1. The molecule has 2 heterocycles. The number of hydrogen-bond donors (Lipinski definition) is 0. The molecule has 0 radical (unpaired) electrons. The highest BCUT2D eigenvalue weighted by molar-refractivity contribution is 5.99. The van der Waals surface area contributed by atoms with E-state index in [1.54, 1.807) is 49.4 Å². The van der Waals surface area contributed by atoms with Gasteiger partial charge in [0.2, 0.25) is 18.5 Å².